The summed E-state index contributed by atoms with van der Waals surface area (Å²) in [6.07, 6.45) is 3.41. The molecule has 7 heteroatoms. The lowest BCUT2D eigenvalue weighted by molar-refractivity contribution is 0.0924. The number of rotatable bonds is 9. The van der Waals surface area contributed by atoms with Crippen LogP contribution in [0.1, 0.15) is 34.2 Å². The highest BCUT2D eigenvalue weighted by Gasteiger charge is 2.20. The summed E-state index contributed by atoms with van der Waals surface area (Å²) in [6.45, 7) is 3.67. The zero-order valence-corrected chi connectivity index (χ0v) is 18.0. The second-order valence-corrected chi connectivity index (χ2v) is 7.80. The molecule has 0 radical (unpaired) electrons. The molecule has 0 unspecified atom stereocenters. The van der Waals surface area contributed by atoms with Gasteiger partial charge in [-0.1, -0.05) is 54.2 Å². The first-order valence-corrected chi connectivity index (χ1v) is 11.1. The number of para-hydroxylation sites is 1. The molecule has 0 aliphatic carbocycles. The van der Waals surface area contributed by atoms with Crippen molar-refractivity contribution in [1.29, 1.82) is 0 Å². The van der Waals surface area contributed by atoms with Crippen LogP contribution in [0.5, 0.6) is 0 Å². The van der Waals surface area contributed by atoms with Crippen LogP contribution in [0, 0.1) is 0 Å². The Morgan fingerprint density at radius 3 is 2.55 bits per heavy atom. The molecule has 158 valence electrons. The number of benzene rings is 2. The number of fused-ring (bicyclic) bond motifs is 1. The number of carbonyl (C=O) groups is 1. The lowest BCUT2D eigenvalue weighted by Crippen LogP contribution is -2.23. The molecule has 1 amide bonds. The van der Waals surface area contributed by atoms with E-state index < -0.39 is 0 Å². The Kier molecular flexibility index (Phi) is 6.96. The molecule has 0 atom stereocenters. The summed E-state index contributed by atoms with van der Waals surface area (Å²) in [5.74, 6) is 0.632. The number of thioether (sulfide) groups is 1. The molecule has 0 spiro atoms. The SMILES string of the molecule is CCOCc1ccc(CNC(=O)c2oc3ccccc3c2CSc2ncccn2)cc1. The average Bonchev–Trinajstić information content (AvgIpc) is 3.20. The van der Waals surface area contributed by atoms with Crippen LogP contribution < -0.4 is 5.32 Å². The Bertz CT molecular complexity index is 1140. The Labute approximate surface area is 185 Å². The molecule has 0 saturated heterocycles. The number of nitrogens with one attached hydrogen (secondary N) is 1. The molecule has 0 bridgehead atoms. The Morgan fingerprint density at radius 1 is 1.03 bits per heavy atom. The van der Waals surface area contributed by atoms with Crippen LogP contribution in [0.3, 0.4) is 0 Å². The lowest BCUT2D eigenvalue weighted by Gasteiger charge is -2.07. The zero-order chi connectivity index (χ0) is 21.5. The van der Waals surface area contributed by atoms with Crippen molar-refractivity contribution in [1.82, 2.24) is 15.3 Å². The summed E-state index contributed by atoms with van der Waals surface area (Å²) in [7, 11) is 0. The monoisotopic (exact) mass is 433 g/mol. The number of hydrogen-bond donors (Lipinski definition) is 1. The molecule has 2 aromatic heterocycles. The van der Waals surface area contributed by atoms with E-state index in [1.54, 1.807) is 18.5 Å². The van der Waals surface area contributed by atoms with Crippen molar-refractivity contribution in [2.24, 2.45) is 0 Å². The highest BCUT2D eigenvalue weighted by atomic mass is 32.2. The van der Waals surface area contributed by atoms with Crippen molar-refractivity contribution in [3.63, 3.8) is 0 Å². The molecule has 0 saturated carbocycles. The summed E-state index contributed by atoms with van der Waals surface area (Å²) >= 11 is 1.47. The zero-order valence-electron chi connectivity index (χ0n) is 17.2. The van der Waals surface area contributed by atoms with Crippen molar-refractivity contribution in [3.8, 4) is 0 Å². The lowest BCUT2D eigenvalue weighted by atomic mass is 10.1. The molecular formula is C24H23N3O3S. The van der Waals surface area contributed by atoms with Crippen molar-refractivity contribution >= 4 is 28.6 Å². The standard InChI is InChI=1S/C24H23N3O3S/c1-2-29-15-18-10-8-17(9-11-18)14-27-23(28)22-20(16-31-24-25-12-5-13-26-24)19-6-3-4-7-21(19)30-22/h3-13H,2,14-16H2,1H3,(H,27,28). The number of amides is 1. The number of ether oxygens (including phenoxy) is 1. The van der Waals surface area contributed by atoms with Gasteiger partial charge in [0.1, 0.15) is 5.58 Å². The predicted molar refractivity (Wildman–Crippen MR) is 121 cm³/mol. The maximum absolute atomic E-state index is 13.0. The van der Waals surface area contributed by atoms with Gasteiger partial charge in [-0.2, -0.15) is 0 Å². The van der Waals surface area contributed by atoms with Crippen LogP contribution in [0.25, 0.3) is 11.0 Å². The van der Waals surface area contributed by atoms with Gasteiger partial charge in [-0.25, -0.2) is 9.97 Å². The fraction of sp³-hybridized carbons (Fsp3) is 0.208. The van der Waals surface area contributed by atoms with Crippen molar-refractivity contribution in [2.45, 2.75) is 31.0 Å². The number of carbonyl (C=O) groups excluding carboxylic acids is 1. The van der Waals surface area contributed by atoms with Gasteiger partial charge in [0, 0.05) is 42.2 Å². The Hall–Kier alpha value is -3.16. The first kappa shape index (κ1) is 21.1. The molecule has 2 heterocycles. The number of aromatic nitrogens is 2. The third-order valence-corrected chi connectivity index (χ3v) is 5.64. The summed E-state index contributed by atoms with van der Waals surface area (Å²) in [5.41, 5.74) is 3.66. The maximum atomic E-state index is 13.0. The second-order valence-electron chi connectivity index (χ2n) is 6.86. The number of furan rings is 1. The number of nitrogens with zero attached hydrogens (tertiary/aromatic N) is 2. The van der Waals surface area contributed by atoms with Crippen LogP contribution in [-0.2, 0) is 23.6 Å². The maximum Gasteiger partial charge on any atom is 0.287 e. The molecule has 6 nitrogen and oxygen atoms in total. The fourth-order valence-corrected chi connectivity index (χ4v) is 3.99. The fourth-order valence-electron chi connectivity index (χ4n) is 3.16. The highest BCUT2D eigenvalue weighted by molar-refractivity contribution is 7.98. The van der Waals surface area contributed by atoms with E-state index in [-0.39, 0.29) is 5.91 Å². The smallest absolute Gasteiger partial charge is 0.287 e. The Morgan fingerprint density at radius 2 is 1.77 bits per heavy atom. The van der Waals surface area contributed by atoms with Crippen LogP contribution in [0.2, 0.25) is 0 Å². The Balaban J connectivity index is 1.48. The van der Waals surface area contributed by atoms with Crippen LogP contribution in [0.4, 0.5) is 0 Å². The van der Waals surface area contributed by atoms with E-state index in [9.17, 15) is 4.79 Å². The summed E-state index contributed by atoms with van der Waals surface area (Å²) in [5, 5.41) is 4.56. The number of hydrogen-bond acceptors (Lipinski definition) is 6. The third-order valence-electron chi connectivity index (χ3n) is 4.74. The van der Waals surface area contributed by atoms with Gasteiger partial charge in [-0.15, -0.1) is 0 Å². The van der Waals surface area contributed by atoms with Crippen LogP contribution >= 0.6 is 11.8 Å². The largest absolute Gasteiger partial charge is 0.451 e. The minimum atomic E-state index is -0.237. The van der Waals surface area contributed by atoms with E-state index >= 15 is 0 Å². The van der Waals surface area contributed by atoms with E-state index in [0.717, 1.165) is 22.1 Å². The van der Waals surface area contributed by atoms with E-state index in [1.807, 2.05) is 55.5 Å². The van der Waals surface area contributed by atoms with Gasteiger partial charge in [0.05, 0.1) is 6.61 Å². The van der Waals surface area contributed by atoms with Crippen molar-refractivity contribution in [3.05, 3.63) is 89.4 Å². The average molecular weight is 434 g/mol. The van der Waals surface area contributed by atoms with E-state index in [1.165, 1.54) is 11.8 Å². The topological polar surface area (TPSA) is 77.2 Å². The molecule has 2 aromatic carbocycles. The van der Waals surface area contributed by atoms with Crippen molar-refractivity contribution in [2.75, 3.05) is 6.61 Å². The van der Waals surface area contributed by atoms with Gasteiger partial charge < -0.3 is 14.5 Å². The minimum absolute atomic E-state index is 0.237. The first-order valence-electron chi connectivity index (χ1n) is 10.1. The van der Waals surface area contributed by atoms with E-state index in [0.29, 0.717) is 42.0 Å². The normalized spacial score (nSPS) is 11.0. The van der Waals surface area contributed by atoms with Crippen LogP contribution in [-0.4, -0.2) is 22.5 Å². The molecule has 31 heavy (non-hydrogen) atoms. The molecular weight excluding hydrogens is 410 g/mol. The predicted octanol–water partition coefficient (Wildman–Crippen LogP) is 4.98. The second kappa shape index (κ2) is 10.2. The molecule has 4 rings (SSSR count). The summed E-state index contributed by atoms with van der Waals surface area (Å²) < 4.78 is 11.3. The van der Waals surface area contributed by atoms with Gasteiger partial charge in [0.2, 0.25) is 0 Å². The molecule has 0 aliphatic heterocycles. The minimum Gasteiger partial charge on any atom is -0.451 e. The summed E-state index contributed by atoms with van der Waals surface area (Å²) in [4.78, 5) is 21.5. The highest BCUT2D eigenvalue weighted by Crippen LogP contribution is 2.31. The van der Waals surface area contributed by atoms with Gasteiger partial charge in [-0.05, 0) is 30.2 Å². The quantitative estimate of drug-likeness (QED) is 0.296. The summed E-state index contributed by atoms with van der Waals surface area (Å²) in [6, 6.07) is 17.5. The van der Waals surface area contributed by atoms with Gasteiger partial charge in [0.15, 0.2) is 10.9 Å². The molecule has 1 N–H and O–H groups in total. The van der Waals surface area contributed by atoms with Gasteiger partial charge in [0.25, 0.3) is 5.91 Å². The van der Waals surface area contributed by atoms with Crippen molar-refractivity contribution < 1.29 is 13.9 Å². The van der Waals surface area contributed by atoms with Gasteiger partial charge >= 0.3 is 0 Å². The van der Waals surface area contributed by atoms with Crippen LogP contribution in [0.15, 0.2) is 76.6 Å². The molecule has 0 aliphatic rings. The molecule has 0 fully saturated rings. The first-order chi connectivity index (χ1) is 15.2. The van der Waals surface area contributed by atoms with Gasteiger partial charge in [-0.3, -0.25) is 4.79 Å². The van der Waals surface area contributed by atoms with E-state index in [2.05, 4.69) is 15.3 Å². The third kappa shape index (κ3) is 5.31. The molecule has 4 aromatic rings. The van der Waals surface area contributed by atoms with E-state index in [4.69, 9.17) is 9.15 Å².